The summed E-state index contributed by atoms with van der Waals surface area (Å²) < 4.78 is 1.88. The van der Waals surface area contributed by atoms with Crippen LogP contribution in [0.5, 0.6) is 0 Å². The molecule has 1 aromatic rings. The second-order valence-electron chi connectivity index (χ2n) is 4.62. The van der Waals surface area contributed by atoms with Gasteiger partial charge in [-0.25, -0.2) is 0 Å². The average molecular weight is 234 g/mol. The molecule has 17 heavy (non-hydrogen) atoms. The smallest absolute Gasteiger partial charge is 0.165 e. The van der Waals surface area contributed by atoms with Crippen LogP contribution in [0.3, 0.4) is 0 Å². The molecule has 2 rings (SSSR count). The first-order chi connectivity index (χ1) is 8.15. The molecule has 0 atom stereocenters. The number of piperidine rings is 1. The van der Waals surface area contributed by atoms with Crippen LogP contribution in [0.4, 0.5) is 0 Å². The molecule has 0 unspecified atom stereocenters. The van der Waals surface area contributed by atoms with Crippen molar-refractivity contribution >= 4 is 11.6 Å². The van der Waals surface area contributed by atoms with Crippen LogP contribution >= 0.6 is 0 Å². The maximum Gasteiger partial charge on any atom is 0.165 e. The lowest BCUT2D eigenvalue weighted by atomic mass is 10.1. The number of Topliss-reactive ketones (excluding diaryl/α,β-unsaturated/α-hetero) is 2. The highest BCUT2D eigenvalue weighted by Gasteiger charge is 2.17. The second kappa shape index (κ2) is 5.27. The maximum absolute atomic E-state index is 11.9. The van der Waals surface area contributed by atoms with Crippen LogP contribution in [0.2, 0.25) is 0 Å². The van der Waals surface area contributed by atoms with E-state index in [4.69, 9.17) is 0 Å². The van der Waals surface area contributed by atoms with Gasteiger partial charge in [0, 0.05) is 63.9 Å². The molecule has 2 heterocycles. The number of rotatable bonds is 4. The van der Waals surface area contributed by atoms with Gasteiger partial charge in [-0.3, -0.25) is 9.59 Å². The average Bonchev–Trinajstić information content (AvgIpc) is 2.75. The highest BCUT2D eigenvalue weighted by molar-refractivity contribution is 5.96. The van der Waals surface area contributed by atoms with Gasteiger partial charge < -0.3 is 9.47 Å². The predicted molar refractivity (Wildman–Crippen MR) is 65.0 cm³/mol. The van der Waals surface area contributed by atoms with Crippen molar-refractivity contribution in [3.63, 3.8) is 0 Å². The third-order valence-electron chi connectivity index (χ3n) is 3.22. The molecular weight excluding hydrogens is 216 g/mol. The molecule has 0 saturated carbocycles. The molecule has 1 aliphatic heterocycles. The van der Waals surface area contributed by atoms with Crippen molar-refractivity contribution in [2.45, 2.75) is 19.3 Å². The number of aromatic nitrogens is 1. The number of aryl methyl sites for hydroxylation is 1. The van der Waals surface area contributed by atoms with Gasteiger partial charge >= 0.3 is 0 Å². The number of likely N-dealkylation sites (tertiary alicyclic amines) is 1. The summed E-state index contributed by atoms with van der Waals surface area (Å²) >= 11 is 0. The highest BCUT2D eigenvalue weighted by Crippen LogP contribution is 2.09. The molecule has 1 saturated heterocycles. The summed E-state index contributed by atoms with van der Waals surface area (Å²) in [6.45, 7) is 2.38. The molecule has 92 valence electrons. The lowest BCUT2D eigenvalue weighted by Gasteiger charge is -2.25. The van der Waals surface area contributed by atoms with E-state index in [1.165, 1.54) is 0 Å². The van der Waals surface area contributed by atoms with E-state index in [0.29, 0.717) is 25.0 Å². The molecule has 4 heteroatoms. The third kappa shape index (κ3) is 3.27. The van der Waals surface area contributed by atoms with E-state index in [1.807, 2.05) is 30.1 Å². The summed E-state index contributed by atoms with van der Waals surface area (Å²) in [6, 6.07) is 1.85. The minimum Gasteiger partial charge on any atom is -0.357 e. The SMILES string of the molecule is Cn1ccc(C(=O)CCN2CCC(=O)CC2)c1. The van der Waals surface area contributed by atoms with Crippen LogP contribution in [0.15, 0.2) is 18.5 Å². The number of carbonyl (C=O) groups excluding carboxylic acids is 2. The number of carbonyl (C=O) groups is 2. The van der Waals surface area contributed by atoms with E-state index in [2.05, 4.69) is 4.90 Å². The van der Waals surface area contributed by atoms with Gasteiger partial charge in [0.2, 0.25) is 0 Å². The molecule has 0 spiro atoms. The quantitative estimate of drug-likeness (QED) is 0.737. The van der Waals surface area contributed by atoms with Gasteiger partial charge in [-0.05, 0) is 6.07 Å². The maximum atomic E-state index is 11.9. The first kappa shape index (κ1) is 12.0. The van der Waals surface area contributed by atoms with Gasteiger partial charge in [-0.2, -0.15) is 0 Å². The Balaban J connectivity index is 1.78. The molecule has 0 N–H and O–H groups in total. The van der Waals surface area contributed by atoms with Crippen molar-refractivity contribution in [2.24, 2.45) is 7.05 Å². The van der Waals surface area contributed by atoms with E-state index >= 15 is 0 Å². The van der Waals surface area contributed by atoms with Crippen LogP contribution in [-0.2, 0) is 11.8 Å². The van der Waals surface area contributed by atoms with E-state index in [9.17, 15) is 9.59 Å². The molecule has 0 aromatic carbocycles. The van der Waals surface area contributed by atoms with Crippen LogP contribution in [0.1, 0.15) is 29.6 Å². The van der Waals surface area contributed by atoms with E-state index in [-0.39, 0.29) is 5.78 Å². The number of nitrogens with zero attached hydrogens (tertiary/aromatic N) is 2. The summed E-state index contributed by atoms with van der Waals surface area (Å²) in [6.07, 6.45) is 5.55. The van der Waals surface area contributed by atoms with Crippen molar-refractivity contribution < 1.29 is 9.59 Å². The molecule has 0 bridgehead atoms. The predicted octanol–water partition coefficient (Wildman–Crippen LogP) is 1.26. The Bertz CT molecular complexity index is 413. The number of hydrogen-bond acceptors (Lipinski definition) is 3. The van der Waals surface area contributed by atoms with Crippen molar-refractivity contribution in [2.75, 3.05) is 19.6 Å². The van der Waals surface area contributed by atoms with Crippen LogP contribution in [-0.4, -0.2) is 40.7 Å². The molecule has 1 aromatic heterocycles. The van der Waals surface area contributed by atoms with Crippen molar-refractivity contribution in [1.29, 1.82) is 0 Å². The van der Waals surface area contributed by atoms with Gasteiger partial charge in [0.05, 0.1) is 0 Å². The van der Waals surface area contributed by atoms with Crippen molar-refractivity contribution in [3.8, 4) is 0 Å². The fourth-order valence-electron chi connectivity index (χ4n) is 2.10. The van der Waals surface area contributed by atoms with E-state index < -0.39 is 0 Å². The summed E-state index contributed by atoms with van der Waals surface area (Å²) in [7, 11) is 1.91. The molecule has 4 nitrogen and oxygen atoms in total. The summed E-state index contributed by atoms with van der Waals surface area (Å²) in [5.74, 6) is 0.526. The van der Waals surface area contributed by atoms with Crippen molar-refractivity contribution in [1.82, 2.24) is 9.47 Å². The molecule has 1 fully saturated rings. The Hall–Kier alpha value is -1.42. The largest absolute Gasteiger partial charge is 0.357 e. The Morgan fingerprint density at radius 1 is 1.35 bits per heavy atom. The summed E-state index contributed by atoms with van der Waals surface area (Å²) in [5, 5.41) is 0. The highest BCUT2D eigenvalue weighted by atomic mass is 16.1. The first-order valence-corrected chi connectivity index (χ1v) is 6.04. The van der Waals surface area contributed by atoms with Gasteiger partial charge in [-0.1, -0.05) is 0 Å². The second-order valence-corrected chi connectivity index (χ2v) is 4.62. The van der Waals surface area contributed by atoms with Gasteiger partial charge in [0.15, 0.2) is 5.78 Å². The van der Waals surface area contributed by atoms with Crippen LogP contribution in [0, 0.1) is 0 Å². The molecule has 0 aliphatic carbocycles. The number of hydrogen-bond donors (Lipinski definition) is 0. The molecule has 0 amide bonds. The molecule has 0 radical (unpaired) electrons. The number of ketones is 2. The van der Waals surface area contributed by atoms with E-state index in [0.717, 1.165) is 25.2 Å². The lowest BCUT2D eigenvalue weighted by Crippen LogP contribution is -2.35. The fourth-order valence-corrected chi connectivity index (χ4v) is 2.10. The van der Waals surface area contributed by atoms with Gasteiger partial charge in [-0.15, -0.1) is 0 Å². The summed E-state index contributed by atoms with van der Waals surface area (Å²) in [5.41, 5.74) is 0.778. The third-order valence-corrected chi connectivity index (χ3v) is 3.22. The van der Waals surface area contributed by atoms with E-state index in [1.54, 1.807) is 0 Å². The minimum atomic E-state index is 0.183. The zero-order chi connectivity index (χ0) is 12.3. The Morgan fingerprint density at radius 2 is 2.06 bits per heavy atom. The Labute approximate surface area is 101 Å². The monoisotopic (exact) mass is 234 g/mol. The normalized spacial score (nSPS) is 17.4. The van der Waals surface area contributed by atoms with Crippen molar-refractivity contribution in [3.05, 3.63) is 24.0 Å². The van der Waals surface area contributed by atoms with Gasteiger partial charge in [0.1, 0.15) is 5.78 Å². The molecule has 1 aliphatic rings. The Morgan fingerprint density at radius 3 is 2.65 bits per heavy atom. The van der Waals surface area contributed by atoms with Crippen LogP contribution < -0.4 is 0 Å². The minimum absolute atomic E-state index is 0.183. The zero-order valence-corrected chi connectivity index (χ0v) is 10.2. The lowest BCUT2D eigenvalue weighted by molar-refractivity contribution is -0.121. The first-order valence-electron chi connectivity index (χ1n) is 6.04. The molecular formula is C13H18N2O2. The summed E-state index contributed by atoms with van der Waals surface area (Å²) in [4.78, 5) is 25.1. The fraction of sp³-hybridized carbons (Fsp3) is 0.538. The van der Waals surface area contributed by atoms with Crippen LogP contribution in [0.25, 0.3) is 0 Å². The standard InChI is InChI=1S/C13H18N2O2/c1-14-6-2-11(10-14)13(17)5-9-15-7-3-12(16)4-8-15/h2,6,10H,3-5,7-9H2,1H3. The van der Waals surface area contributed by atoms with Gasteiger partial charge in [0.25, 0.3) is 0 Å². The Kier molecular flexibility index (Phi) is 3.74. The zero-order valence-electron chi connectivity index (χ0n) is 10.2. The topological polar surface area (TPSA) is 42.3 Å².